The molecule has 2 amide bonds. The van der Waals surface area contributed by atoms with Gasteiger partial charge in [-0.1, -0.05) is 31.2 Å². The van der Waals surface area contributed by atoms with E-state index in [0.29, 0.717) is 12.3 Å². The molecule has 0 aliphatic rings. The number of aliphatic hydroxyl groups is 1. The van der Waals surface area contributed by atoms with Crippen molar-refractivity contribution in [2.45, 2.75) is 26.1 Å². The molecule has 0 aromatic heterocycles. The molecule has 0 spiro atoms. The first-order chi connectivity index (χ1) is 12.6. The summed E-state index contributed by atoms with van der Waals surface area (Å²) >= 11 is 0. The molecule has 0 aliphatic carbocycles. The van der Waals surface area contributed by atoms with Crippen LogP contribution in [0.15, 0.2) is 48.5 Å². The van der Waals surface area contributed by atoms with Gasteiger partial charge in [-0.15, -0.1) is 0 Å². The van der Waals surface area contributed by atoms with Crippen LogP contribution in [0.5, 0.6) is 5.75 Å². The summed E-state index contributed by atoms with van der Waals surface area (Å²) < 4.78 is 10.6. The molecule has 1 atom stereocenters. The van der Waals surface area contributed by atoms with Crippen molar-refractivity contribution in [2.75, 3.05) is 25.6 Å². The minimum atomic E-state index is -0.776. The second-order valence-corrected chi connectivity index (χ2v) is 5.90. The van der Waals surface area contributed by atoms with Crippen molar-refractivity contribution in [2.24, 2.45) is 0 Å². The summed E-state index contributed by atoms with van der Waals surface area (Å²) in [5.41, 5.74) is 2.91. The zero-order chi connectivity index (χ0) is 18.8. The highest BCUT2D eigenvalue weighted by Crippen LogP contribution is 2.12. The summed E-state index contributed by atoms with van der Waals surface area (Å²) in [4.78, 5) is 11.8. The summed E-state index contributed by atoms with van der Waals surface area (Å²) in [6.45, 7) is 2.71. The Morgan fingerprint density at radius 1 is 1.08 bits per heavy atom. The Kier molecular flexibility index (Phi) is 7.92. The molecule has 140 valence electrons. The normalized spacial score (nSPS) is 11.7. The number of urea groups is 1. The molecule has 2 aromatic carbocycles. The number of rotatable bonds is 9. The summed E-state index contributed by atoms with van der Waals surface area (Å²) in [5, 5.41) is 15.3. The van der Waals surface area contributed by atoms with E-state index in [-0.39, 0.29) is 19.2 Å². The maximum atomic E-state index is 11.8. The van der Waals surface area contributed by atoms with Crippen molar-refractivity contribution in [3.63, 3.8) is 0 Å². The van der Waals surface area contributed by atoms with Crippen LogP contribution in [0.3, 0.4) is 0 Å². The predicted octanol–water partition coefficient (Wildman–Crippen LogP) is 2.96. The van der Waals surface area contributed by atoms with Crippen LogP contribution >= 0.6 is 0 Å². The minimum absolute atomic E-state index is 0.113. The van der Waals surface area contributed by atoms with Gasteiger partial charge >= 0.3 is 6.03 Å². The lowest BCUT2D eigenvalue weighted by Crippen LogP contribution is -2.37. The van der Waals surface area contributed by atoms with Gasteiger partial charge in [0.2, 0.25) is 0 Å². The summed E-state index contributed by atoms with van der Waals surface area (Å²) in [5.74, 6) is 0.785. The van der Waals surface area contributed by atoms with Gasteiger partial charge in [-0.25, -0.2) is 4.79 Å². The number of aliphatic hydroxyl groups excluding tert-OH is 1. The van der Waals surface area contributed by atoms with E-state index in [1.807, 2.05) is 48.5 Å². The third-order valence-electron chi connectivity index (χ3n) is 3.86. The standard InChI is InChI=1S/C20H26N2O4/c1-3-15-4-8-17(9-5-15)22-20(24)21-12-18(23)14-26-13-16-6-10-19(25-2)11-7-16/h4-11,18,23H,3,12-14H2,1-2H3,(H2,21,22,24). The van der Waals surface area contributed by atoms with Gasteiger partial charge in [0.15, 0.2) is 0 Å². The average molecular weight is 358 g/mol. The Morgan fingerprint density at radius 2 is 1.73 bits per heavy atom. The number of hydrogen-bond acceptors (Lipinski definition) is 4. The fraction of sp³-hybridized carbons (Fsp3) is 0.350. The van der Waals surface area contributed by atoms with Gasteiger partial charge in [0.05, 0.1) is 26.4 Å². The zero-order valence-electron chi connectivity index (χ0n) is 15.2. The monoisotopic (exact) mass is 358 g/mol. The highest BCUT2D eigenvalue weighted by Gasteiger charge is 2.08. The number of methoxy groups -OCH3 is 1. The van der Waals surface area contributed by atoms with Crippen LogP contribution in [0.25, 0.3) is 0 Å². The molecule has 6 nitrogen and oxygen atoms in total. The van der Waals surface area contributed by atoms with E-state index >= 15 is 0 Å². The van der Waals surface area contributed by atoms with Crippen molar-refractivity contribution in [3.05, 3.63) is 59.7 Å². The molecule has 0 saturated heterocycles. The summed E-state index contributed by atoms with van der Waals surface area (Å²) in [6, 6.07) is 14.8. The lowest BCUT2D eigenvalue weighted by atomic mass is 10.1. The average Bonchev–Trinajstić information content (AvgIpc) is 2.67. The van der Waals surface area contributed by atoms with Gasteiger partial charge in [0.1, 0.15) is 5.75 Å². The fourth-order valence-electron chi connectivity index (χ4n) is 2.30. The number of carbonyl (C=O) groups is 1. The fourth-order valence-corrected chi connectivity index (χ4v) is 2.30. The topological polar surface area (TPSA) is 79.8 Å². The quantitative estimate of drug-likeness (QED) is 0.644. The largest absolute Gasteiger partial charge is 0.497 e. The van der Waals surface area contributed by atoms with Crippen molar-refractivity contribution in [1.29, 1.82) is 0 Å². The van der Waals surface area contributed by atoms with Gasteiger partial charge in [-0.05, 0) is 41.8 Å². The predicted molar refractivity (Wildman–Crippen MR) is 101 cm³/mol. The van der Waals surface area contributed by atoms with Crippen molar-refractivity contribution in [3.8, 4) is 5.75 Å². The number of anilines is 1. The molecule has 2 rings (SSSR count). The van der Waals surface area contributed by atoms with Crippen molar-refractivity contribution in [1.82, 2.24) is 5.32 Å². The number of nitrogens with one attached hydrogen (secondary N) is 2. The van der Waals surface area contributed by atoms with Gasteiger partial charge < -0.3 is 25.2 Å². The van der Waals surface area contributed by atoms with Crippen molar-refractivity contribution < 1.29 is 19.4 Å². The first-order valence-electron chi connectivity index (χ1n) is 8.63. The Hall–Kier alpha value is -2.57. The molecule has 2 aromatic rings. The van der Waals surface area contributed by atoms with E-state index in [2.05, 4.69) is 17.6 Å². The molecule has 3 N–H and O–H groups in total. The smallest absolute Gasteiger partial charge is 0.319 e. The highest BCUT2D eigenvalue weighted by molar-refractivity contribution is 5.89. The van der Waals surface area contributed by atoms with Crippen LogP contribution in [0.4, 0.5) is 10.5 Å². The van der Waals surface area contributed by atoms with E-state index < -0.39 is 6.10 Å². The molecular formula is C20H26N2O4. The molecular weight excluding hydrogens is 332 g/mol. The molecule has 0 heterocycles. The van der Waals surface area contributed by atoms with Crippen LogP contribution in [-0.4, -0.2) is 37.5 Å². The van der Waals surface area contributed by atoms with E-state index in [0.717, 1.165) is 17.7 Å². The minimum Gasteiger partial charge on any atom is -0.497 e. The first kappa shape index (κ1) is 19.8. The van der Waals surface area contributed by atoms with Crippen molar-refractivity contribution >= 4 is 11.7 Å². The molecule has 0 radical (unpaired) electrons. The number of hydrogen-bond donors (Lipinski definition) is 3. The summed E-state index contributed by atoms with van der Waals surface area (Å²) in [6.07, 6.45) is 0.177. The molecule has 6 heteroatoms. The first-order valence-corrected chi connectivity index (χ1v) is 8.63. The van der Waals surface area contributed by atoms with E-state index in [4.69, 9.17) is 9.47 Å². The van der Waals surface area contributed by atoms with Crippen LogP contribution in [0.1, 0.15) is 18.1 Å². The molecule has 0 aliphatic heterocycles. The Labute approximate surface area is 154 Å². The highest BCUT2D eigenvalue weighted by atomic mass is 16.5. The molecule has 26 heavy (non-hydrogen) atoms. The third kappa shape index (κ3) is 6.74. The third-order valence-corrected chi connectivity index (χ3v) is 3.86. The van der Waals surface area contributed by atoms with Crippen LogP contribution in [0.2, 0.25) is 0 Å². The van der Waals surface area contributed by atoms with Crippen LogP contribution in [0, 0.1) is 0 Å². The van der Waals surface area contributed by atoms with E-state index in [1.54, 1.807) is 7.11 Å². The Bertz CT molecular complexity index is 671. The molecule has 1 unspecified atom stereocenters. The number of ether oxygens (including phenoxy) is 2. The number of benzene rings is 2. The molecule has 0 fully saturated rings. The Morgan fingerprint density at radius 3 is 2.35 bits per heavy atom. The maximum Gasteiger partial charge on any atom is 0.319 e. The lowest BCUT2D eigenvalue weighted by molar-refractivity contribution is 0.0302. The maximum absolute atomic E-state index is 11.8. The number of amides is 2. The number of carbonyl (C=O) groups excluding carboxylic acids is 1. The van der Waals surface area contributed by atoms with Gasteiger partial charge in [0.25, 0.3) is 0 Å². The number of aryl methyl sites for hydroxylation is 1. The molecule has 0 bridgehead atoms. The van der Waals surface area contributed by atoms with Gasteiger partial charge in [-0.2, -0.15) is 0 Å². The van der Waals surface area contributed by atoms with E-state index in [9.17, 15) is 9.90 Å². The second-order valence-electron chi connectivity index (χ2n) is 5.90. The van der Waals surface area contributed by atoms with Crippen LogP contribution < -0.4 is 15.4 Å². The zero-order valence-corrected chi connectivity index (χ0v) is 15.2. The Balaban J connectivity index is 1.63. The molecule has 0 saturated carbocycles. The second kappa shape index (κ2) is 10.4. The van der Waals surface area contributed by atoms with Gasteiger partial charge in [-0.3, -0.25) is 0 Å². The summed E-state index contributed by atoms with van der Waals surface area (Å²) in [7, 11) is 1.62. The van der Waals surface area contributed by atoms with Crippen LogP contribution in [-0.2, 0) is 17.8 Å². The van der Waals surface area contributed by atoms with Gasteiger partial charge in [0, 0.05) is 12.2 Å². The lowest BCUT2D eigenvalue weighted by Gasteiger charge is -2.13. The van der Waals surface area contributed by atoms with E-state index in [1.165, 1.54) is 5.56 Å². The SMILES string of the molecule is CCc1ccc(NC(=O)NCC(O)COCc2ccc(OC)cc2)cc1.